The van der Waals surface area contributed by atoms with Crippen LogP contribution in [0.3, 0.4) is 0 Å². The zero-order valence-corrected chi connectivity index (χ0v) is 8.18. The Morgan fingerprint density at radius 3 is 2.62 bits per heavy atom. The minimum Gasteiger partial charge on any atom is -0.346 e. The summed E-state index contributed by atoms with van der Waals surface area (Å²) in [6, 6.07) is 0. The van der Waals surface area contributed by atoms with Crippen LogP contribution in [0.1, 0.15) is 32.6 Å². The van der Waals surface area contributed by atoms with Crippen LogP contribution in [0.15, 0.2) is 12.2 Å². The Morgan fingerprint density at radius 2 is 2.15 bits per heavy atom. The number of hydrogen-bond donors (Lipinski definition) is 2. The normalized spacial score (nSPS) is 20.8. The molecule has 74 valence electrons. The van der Waals surface area contributed by atoms with E-state index >= 15 is 0 Å². The number of carbonyl (C=O) groups excluding carboxylic acids is 1. The van der Waals surface area contributed by atoms with Crippen LogP contribution in [0.2, 0.25) is 0 Å². The highest BCUT2D eigenvalue weighted by Gasteiger charge is 2.33. The van der Waals surface area contributed by atoms with Crippen molar-refractivity contribution in [3.8, 4) is 0 Å². The Balaban J connectivity index is 2.52. The van der Waals surface area contributed by atoms with Crippen molar-refractivity contribution in [3.63, 3.8) is 0 Å². The van der Waals surface area contributed by atoms with Crippen LogP contribution >= 0.6 is 0 Å². The molecule has 3 nitrogen and oxygen atoms in total. The third-order valence-electron chi connectivity index (χ3n) is 2.66. The van der Waals surface area contributed by atoms with E-state index in [0.717, 1.165) is 12.8 Å². The van der Waals surface area contributed by atoms with Gasteiger partial charge in [0, 0.05) is 6.54 Å². The van der Waals surface area contributed by atoms with Gasteiger partial charge in [-0.3, -0.25) is 4.79 Å². The third-order valence-corrected chi connectivity index (χ3v) is 2.66. The van der Waals surface area contributed by atoms with E-state index in [9.17, 15) is 4.79 Å². The number of allylic oxidation sites excluding steroid dienone is 1. The van der Waals surface area contributed by atoms with Gasteiger partial charge in [0.2, 0.25) is 5.91 Å². The molecule has 0 bridgehead atoms. The summed E-state index contributed by atoms with van der Waals surface area (Å²) in [5.41, 5.74) is 5.56. The number of rotatable bonds is 3. The highest BCUT2D eigenvalue weighted by atomic mass is 16.1. The predicted octanol–water partition coefficient (Wildman–Crippen LogP) is 0.950. The number of hydrogen-bond acceptors (Lipinski definition) is 2. The molecule has 0 spiro atoms. The molecule has 0 saturated heterocycles. The van der Waals surface area contributed by atoms with Crippen molar-refractivity contribution in [1.82, 2.24) is 5.32 Å². The summed E-state index contributed by atoms with van der Waals surface area (Å²) in [6.07, 6.45) is 7.68. The molecular weight excluding hydrogens is 164 g/mol. The quantitative estimate of drug-likeness (QED) is 0.638. The van der Waals surface area contributed by atoms with Gasteiger partial charge in [-0.05, 0) is 25.8 Å². The molecule has 0 atom stereocenters. The molecule has 0 aromatic carbocycles. The fourth-order valence-corrected chi connectivity index (χ4v) is 1.89. The van der Waals surface area contributed by atoms with Gasteiger partial charge in [-0.1, -0.05) is 18.9 Å². The molecule has 1 saturated carbocycles. The summed E-state index contributed by atoms with van der Waals surface area (Å²) in [4.78, 5) is 11.3. The molecule has 1 aliphatic rings. The summed E-state index contributed by atoms with van der Waals surface area (Å²) < 4.78 is 0. The maximum Gasteiger partial charge on any atom is 0.244 e. The SMILES string of the molecule is C/C=C/C(=O)NC1(CN)CCCC1. The number of nitrogens with one attached hydrogen (secondary N) is 1. The number of nitrogens with two attached hydrogens (primary N) is 1. The summed E-state index contributed by atoms with van der Waals surface area (Å²) in [6.45, 7) is 2.39. The van der Waals surface area contributed by atoms with E-state index in [1.807, 2.05) is 6.92 Å². The molecule has 0 heterocycles. The molecule has 1 amide bonds. The highest BCUT2D eigenvalue weighted by molar-refractivity contribution is 5.88. The van der Waals surface area contributed by atoms with Crippen LogP contribution in [-0.2, 0) is 4.79 Å². The molecule has 0 aliphatic heterocycles. The number of carbonyl (C=O) groups is 1. The zero-order valence-electron chi connectivity index (χ0n) is 8.18. The molecule has 0 unspecified atom stereocenters. The first-order valence-corrected chi connectivity index (χ1v) is 4.87. The lowest BCUT2D eigenvalue weighted by Crippen LogP contribution is -2.51. The van der Waals surface area contributed by atoms with E-state index in [1.165, 1.54) is 12.8 Å². The first kappa shape index (κ1) is 10.3. The van der Waals surface area contributed by atoms with Gasteiger partial charge < -0.3 is 11.1 Å². The molecule has 0 radical (unpaired) electrons. The maximum atomic E-state index is 11.3. The molecule has 3 N–H and O–H groups in total. The maximum absolute atomic E-state index is 11.3. The average Bonchev–Trinajstić information content (AvgIpc) is 2.54. The van der Waals surface area contributed by atoms with E-state index < -0.39 is 0 Å². The van der Waals surface area contributed by atoms with Crippen molar-refractivity contribution in [2.24, 2.45) is 5.73 Å². The molecule has 13 heavy (non-hydrogen) atoms. The second kappa shape index (κ2) is 4.42. The van der Waals surface area contributed by atoms with E-state index in [1.54, 1.807) is 12.2 Å². The van der Waals surface area contributed by atoms with Crippen LogP contribution in [-0.4, -0.2) is 18.0 Å². The summed E-state index contributed by atoms with van der Waals surface area (Å²) in [5, 5.41) is 2.99. The number of amides is 1. The first-order valence-electron chi connectivity index (χ1n) is 4.87. The second-order valence-electron chi connectivity index (χ2n) is 3.68. The largest absolute Gasteiger partial charge is 0.346 e. The minimum absolute atomic E-state index is 0.0187. The fourth-order valence-electron chi connectivity index (χ4n) is 1.89. The minimum atomic E-state index is -0.114. The molecule has 0 aromatic heterocycles. The zero-order chi connectivity index (χ0) is 9.73. The van der Waals surface area contributed by atoms with E-state index in [-0.39, 0.29) is 11.4 Å². The Labute approximate surface area is 79.4 Å². The lowest BCUT2D eigenvalue weighted by atomic mass is 9.98. The van der Waals surface area contributed by atoms with Gasteiger partial charge in [0.25, 0.3) is 0 Å². The van der Waals surface area contributed by atoms with E-state index in [0.29, 0.717) is 6.54 Å². The molecule has 0 aromatic rings. The van der Waals surface area contributed by atoms with Gasteiger partial charge in [-0.25, -0.2) is 0 Å². The van der Waals surface area contributed by atoms with Crippen molar-refractivity contribution in [2.45, 2.75) is 38.1 Å². The molecule has 1 rings (SSSR count). The van der Waals surface area contributed by atoms with Crippen LogP contribution in [0, 0.1) is 0 Å². The topological polar surface area (TPSA) is 55.1 Å². The fraction of sp³-hybridized carbons (Fsp3) is 0.700. The van der Waals surface area contributed by atoms with Crippen molar-refractivity contribution in [2.75, 3.05) is 6.54 Å². The van der Waals surface area contributed by atoms with Crippen molar-refractivity contribution < 1.29 is 4.79 Å². The van der Waals surface area contributed by atoms with Gasteiger partial charge >= 0.3 is 0 Å². The van der Waals surface area contributed by atoms with Crippen LogP contribution in [0.25, 0.3) is 0 Å². The lowest BCUT2D eigenvalue weighted by molar-refractivity contribution is -0.118. The Hall–Kier alpha value is -0.830. The van der Waals surface area contributed by atoms with Crippen molar-refractivity contribution in [3.05, 3.63) is 12.2 Å². The Morgan fingerprint density at radius 1 is 1.54 bits per heavy atom. The van der Waals surface area contributed by atoms with Gasteiger partial charge in [-0.2, -0.15) is 0 Å². The van der Waals surface area contributed by atoms with Gasteiger partial charge in [0.05, 0.1) is 5.54 Å². The van der Waals surface area contributed by atoms with Crippen LogP contribution in [0.4, 0.5) is 0 Å². The van der Waals surface area contributed by atoms with E-state index in [2.05, 4.69) is 5.32 Å². The lowest BCUT2D eigenvalue weighted by Gasteiger charge is -2.27. The van der Waals surface area contributed by atoms with Crippen molar-refractivity contribution in [1.29, 1.82) is 0 Å². The summed E-state index contributed by atoms with van der Waals surface area (Å²) >= 11 is 0. The van der Waals surface area contributed by atoms with Crippen molar-refractivity contribution >= 4 is 5.91 Å². The third kappa shape index (κ3) is 2.56. The van der Waals surface area contributed by atoms with Gasteiger partial charge in [0.1, 0.15) is 0 Å². The highest BCUT2D eigenvalue weighted by Crippen LogP contribution is 2.28. The van der Waals surface area contributed by atoms with Gasteiger partial charge in [-0.15, -0.1) is 0 Å². The summed E-state index contributed by atoms with van der Waals surface area (Å²) in [5.74, 6) is -0.0187. The molecule has 1 aliphatic carbocycles. The second-order valence-corrected chi connectivity index (χ2v) is 3.68. The molecular formula is C10H18N2O. The molecule has 1 fully saturated rings. The smallest absolute Gasteiger partial charge is 0.244 e. The monoisotopic (exact) mass is 182 g/mol. The van der Waals surface area contributed by atoms with Crippen LogP contribution < -0.4 is 11.1 Å². The first-order chi connectivity index (χ1) is 6.22. The van der Waals surface area contributed by atoms with E-state index in [4.69, 9.17) is 5.73 Å². The predicted molar refractivity (Wildman–Crippen MR) is 53.2 cm³/mol. The summed E-state index contributed by atoms with van der Waals surface area (Å²) in [7, 11) is 0. The van der Waals surface area contributed by atoms with Crippen LogP contribution in [0.5, 0.6) is 0 Å². The molecule has 3 heteroatoms. The van der Waals surface area contributed by atoms with Gasteiger partial charge in [0.15, 0.2) is 0 Å². The standard InChI is InChI=1S/C10H18N2O/c1-2-5-9(13)12-10(8-11)6-3-4-7-10/h2,5H,3-4,6-8,11H2,1H3,(H,12,13)/b5-2+. The average molecular weight is 182 g/mol. The Kier molecular flexibility index (Phi) is 3.48. The Bertz CT molecular complexity index is 205.